The maximum atomic E-state index is 13.4. The number of fused-ring (bicyclic) bond motifs is 1. The molecule has 152 valence electrons. The Kier molecular flexibility index (Phi) is 4.73. The van der Waals surface area contributed by atoms with Gasteiger partial charge < -0.3 is 4.74 Å². The van der Waals surface area contributed by atoms with Gasteiger partial charge >= 0.3 is 0 Å². The SMILES string of the molecule is COc1ccc(N2C(=O)[C@@H]3[C@H](ON(c4ccc(Cl)cc4)[C@H]3c3cccs3)C2=O)cc1. The fourth-order valence-corrected chi connectivity index (χ4v) is 4.94. The van der Waals surface area contributed by atoms with Crippen molar-refractivity contribution < 1.29 is 19.2 Å². The topological polar surface area (TPSA) is 59.1 Å². The molecule has 0 aliphatic carbocycles. The zero-order valence-electron chi connectivity index (χ0n) is 15.9. The predicted octanol–water partition coefficient (Wildman–Crippen LogP) is 4.46. The number of hydroxylamine groups is 1. The summed E-state index contributed by atoms with van der Waals surface area (Å²) < 4.78 is 5.17. The second kappa shape index (κ2) is 7.43. The predicted molar refractivity (Wildman–Crippen MR) is 115 cm³/mol. The molecule has 2 aliphatic heterocycles. The molecule has 1 aromatic heterocycles. The minimum atomic E-state index is -0.887. The Morgan fingerprint density at radius 1 is 0.967 bits per heavy atom. The van der Waals surface area contributed by atoms with E-state index in [1.165, 1.54) is 16.2 Å². The fraction of sp³-hybridized carbons (Fsp3) is 0.182. The second-order valence-electron chi connectivity index (χ2n) is 7.02. The Balaban J connectivity index is 1.53. The van der Waals surface area contributed by atoms with Crippen molar-refractivity contribution in [1.29, 1.82) is 0 Å². The van der Waals surface area contributed by atoms with Crippen molar-refractivity contribution in [2.45, 2.75) is 12.1 Å². The molecule has 0 unspecified atom stereocenters. The van der Waals surface area contributed by atoms with Gasteiger partial charge in [0.1, 0.15) is 17.7 Å². The van der Waals surface area contributed by atoms with Gasteiger partial charge in [-0.2, -0.15) is 0 Å². The van der Waals surface area contributed by atoms with Crippen LogP contribution >= 0.6 is 22.9 Å². The second-order valence-corrected chi connectivity index (χ2v) is 8.44. The van der Waals surface area contributed by atoms with Gasteiger partial charge in [-0.05, 0) is 60.0 Å². The third-order valence-electron chi connectivity index (χ3n) is 5.36. The number of rotatable bonds is 4. The molecule has 0 bridgehead atoms. The van der Waals surface area contributed by atoms with E-state index in [0.717, 1.165) is 10.6 Å². The quantitative estimate of drug-likeness (QED) is 0.560. The average molecular weight is 441 g/mol. The molecule has 3 heterocycles. The van der Waals surface area contributed by atoms with Crippen LogP contribution in [0.2, 0.25) is 5.02 Å². The maximum absolute atomic E-state index is 13.4. The van der Waals surface area contributed by atoms with Gasteiger partial charge in [0.2, 0.25) is 5.91 Å². The third kappa shape index (κ3) is 2.98. The van der Waals surface area contributed by atoms with E-state index in [-0.39, 0.29) is 11.8 Å². The minimum absolute atomic E-state index is 0.273. The van der Waals surface area contributed by atoms with E-state index in [9.17, 15) is 9.59 Å². The van der Waals surface area contributed by atoms with Crippen LogP contribution in [0.15, 0.2) is 66.0 Å². The molecule has 3 aromatic rings. The van der Waals surface area contributed by atoms with Crippen LogP contribution in [0.1, 0.15) is 10.9 Å². The summed E-state index contributed by atoms with van der Waals surface area (Å²) >= 11 is 7.55. The van der Waals surface area contributed by atoms with Gasteiger partial charge in [0, 0.05) is 9.90 Å². The zero-order chi connectivity index (χ0) is 20.8. The van der Waals surface area contributed by atoms with E-state index in [2.05, 4.69) is 0 Å². The van der Waals surface area contributed by atoms with Crippen LogP contribution in [0.5, 0.6) is 5.75 Å². The number of carbonyl (C=O) groups is 2. The summed E-state index contributed by atoms with van der Waals surface area (Å²) in [4.78, 5) is 34.9. The van der Waals surface area contributed by atoms with E-state index in [4.69, 9.17) is 21.2 Å². The van der Waals surface area contributed by atoms with Crippen molar-refractivity contribution in [2.24, 2.45) is 5.92 Å². The highest BCUT2D eigenvalue weighted by atomic mass is 35.5. The average Bonchev–Trinajstić information content (AvgIpc) is 3.47. The summed E-state index contributed by atoms with van der Waals surface area (Å²) in [5, 5.41) is 4.22. The van der Waals surface area contributed by atoms with Gasteiger partial charge in [0.05, 0.1) is 18.5 Å². The lowest BCUT2D eigenvalue weighted by Crippen LogP contribution is -2.37. The Bertz CT molecular complexity index is 1090. The first-order valence-corrected chi connectivity index (χ1v) is 10.6. The number of imide groups is 1. The number of thiophene rings is 1. The molecule has 2 aliphatic rings. The molecule has 2 aromatic carbocycles. The van der Waals surface area contributed by atoms with Crippen molar-refractivity contribution in [3.63, 3.8) is 0 Å². The molecular formula is C22H17ClN2O4S. The number of amides is 2. The molecule has 5 rings (SSSR count). The minimum Gasteiger partial charge on any atom is -0.497 e. The number of halogens is 1. The number of methoxy groups -OCH3 is 1. The molecule has 30 heavy (non-hydrogen) atoms. The number of carbonyl (C=O) groups excluding carboxylic acids is 2. The summed E-state index contributed by atoms with van der Waals surface area (Å²) in [5.74, 6) is -0.633. The van der Waals surface area contributed by atoms with Gasteiger partial charge in [-0.15, -0.1) is 11.3 Å². The molecule has 0 N–H and O–H groups in total. The molecule has 2 amide bonds. The van der Waals surface area contributed by atoms with Crippen LogP contribution in [0.3, 0.4) is 0 Å². The van der Waals surface area contributed by atoms with E-state index < -0.39 is 18.1 Å². The standard InChI is InChI=1S/C22H17ClN2O4S/c1-28-16-10-8-14(9-11-16)24-21(26)18-19(17-3-2-12-30-17)25(29-20(18)22(24)27)15-6-4-13(23)5-7-15/h2-12,18-20H,1H3/t18-,19-,20-/m0/s1. The van der Waals surface area contributed by atoms with Crippen molar-refractivity contribution in [1.82, 2.24) is 0 Å². The van der Waals surface area contributed by atoms with E-state index in [1.54, 1.807) is 48.6 Å². The highest BCUT2D eigenvalue weighted by molar-refractivity contribution is 7.10. The lowest BCUT2D eigenvalue weighted by Gasteiger charge is -2.27. The molecule has 2 saturated heterocycles. The van der Waals surface area contributed by atoms with E-state index in [0.29, 0.717) is 16.5 Å². The van der Waals surface area contributed by atoms with E-state index in [1.807, 2.05) is 29.6 Å². The summed E-state index contributed by atoms with van der Waals surface area (Å²) in [5.41, 5.74) is 1.25. The molecule has 0 radical (unpaired) electrons. The van der Waals surface area contributed by atoms with Crippen molar-refractivity contribution in [3.05, 3.63) is 75.9 Å². The molecule has 0 saturated carbocycles. The molecule has 6 nitrogen and oxygen atoms in total. The van der Waals surface area contributed by atoms with Gasteiger partial charge in [-0.25, -0.2) is 9.96 Å². The van der Waals surface area contributed by atoms with Gasteiger partial charge in [0.25, 0.3) is 5.91 Å². The Morgan fingerprint density at radius 3 is 2.30 bits per heavy atom. The Hall–Kier alpha value is -2.87. The summed E-state index contributed by atoms with van der Waals surface area (Å²) in [7, 11) is 1.57. The van der Waals surface area contributed by atoms with Crippen LogP contribution in [-0.2, 0) is 14.4 Å². The first-order valence-electron chi connectivity index (χ1n) is 9.35. The highest BCUT2D eigenvalue weighted by Gasteiger charge is 2.60. The first kappa shape index (κ1) is 19.1. The number of benzene rings is 2. The third-order valence-corrected chi connectivity index (χ3v) is 6.56. The first-order chi connectivity index (χ1) is 14.6. The number of nitrogens with zero attached hydrogens (tertiary/aromatic N) is 2. The normalized spacial score (nSPS) is 23.2. The fourth-order valence-electron chi connectivity index (χ4n) is 3.96. The van der Waals surface area contributed by atoms with Crippen molar-refractivity contribution in [2.75, 3.05) is 17.1 Å². The van der Waals surface area contributed by atoms with Gasteiger partial charge in [-0.3, -0.25) is 14.4 Å². The number of anilines is 2. The van der Waals surface area contributed by atoms with E-state index >= 15 is 0 Å². The van der Waals surface area contributed by atoms with Crippen LogP contribution in [0, 0.1) is 5.92 Å². The molecular weight excluding hydrogens is 424 g/mol. The van der Waals surface area contributed by atoms with Crippen LogP contribution in [-0.4, -0.2) is 25.0 Å². The summed E-state index contributed by atoms with van der Waals surface area (Å²) in [6.45, 7) is 0. The monoisotopic (exact) mass is 440 g/mol. The van der Waals surface area contributed by atoms with Crippen LogP contribution in [0.25, 0.3) is 0 Å². The van der Waals surface area contributed by atoms with Crippen LogP contribution in [0.4, 0.5) is 11.4 Å². The molecule has 8 heteroatoms. The Labute approximate surface area is 182 Å². The van der Waals surface area contributed by atoms with Gasteiger partial charge in [0.15, 0.2) is 6.10 Å². The molecule has 3 atom stereocenters. The highest BCUT2D eigenvalue weighted by Crippen LogP contribution is 2.48. The zero-order valence-corrected chi connectivity index (χ0v) is 17.5. The number of hydrogen-bond donors (Lipinski definition) is 0. The lowest BCUT2D eigenvalue weighted by molar-refractivity contribution is -0.126. The van der Waals surface area contributed by atoms with Crippen LogP contribution < -0.4 is 14.7 Å². The lowest BCUT2D eigenvalue weighted by atomic mass is 9.95. The summed E-state index contributed by atoms with van der Waals surface area (Å²) in [6.07, 6.45) is -0.887. The van der Waals surface area contributed by atoms with Crippen molar-refractivity contribution >= 4 is 46.1 Å². The molecule has 0 spiro atoms. The van der Waals surface area contributed by atoms with Gasteiger partial charge in [-0.1, -0.05) is 17.7 Å². The van der Waals surface area contributed by atoms with Crippen molar-refractivity contribution in [3.8, 4) is 5.75 Å². The summed E-state index contributed by atoms with van der Waals surface area (Å²) in [6, 6.07) is 17.5. The maximum Gasteiger partial charge on any atom is 0.266 e. The smallest absolute Gasteiger partial charge is 0.266 e. The Morgan fingerprint density at radius 2 is 1.67 bits per heavy atom. The number of ether oxygens (including phenoxy) is 1. The molecule has 2 fully saturated rings. The largest absolute Gasteiger partial charge is 0.497 e. The number of hydrogen-bond acceptors (Lipinski definition) is 6.